The Morgan fingerprint density at radius 3 is 2.81 bits per heavy atom. The summed E-state index contributed by atoms with van der Waals surface area (Å²) >= 11 is 0. The first-order valence-electron chi connectivity index (χ1n) is 7.25. The Bertz CT molecular complexity index is 706. The maximum Gasteiger partial charge on any atom is 0.144 e. The lowest BCUT2D eigenvalue weighted by molar-refractivity contribution is 0.757. The summed E-state index contributed by atoms with van der Waals surface area (Å²) in [6, 6.07) is 10.3. The van der Waals surface area contributed by atoms with Gasteiger partial charge in [-0.2, -0.15) is 0 Å². The first-order chi connectivity index (χ1) is 10.1. The summed E-state index contributed by atoms with van der Waals surface area (Å²) in [5.41, 5.74) is 11.2. The Balaban J connectivity index is 2.15. The van der Waals surface area contributed by atoms with Gasteiger partial charge in [0.05, 0.1) is 5.56 Å². The molecule has 3 N–H and O–H groups in total. The van der Waals surface area contributed by atoms with Crippen molar-refractivity contribution in [2.75, 3.05) is 11.4 Å². The van der Waals surface area contributed by atoms with Crippen molar-refractivity contribution >= 4 is 17.3 Å². The highest BCUT2D eigenvalue weighted by molar-refractivity contribution is 6.00. The molecule has 4 nitrogen and oxygen atoms in total. The normalized spacial score (nSPS) is 13.9. The van der Waals surface area contributed by atoms with Crippen LogP contribution < -0.4 is 10.6 Å². The maximum absolute atomic E-state index is 7.79. The third-order valence-electron chi connectivity index (χ3n) is 3.91. The van der Waals surface area contributed by atoms with Crippen LogP contribution in [0.3, 0.4) is 0 Å². The van der Waals surface area contributed by atoms with E-state index >= 15 is 0 Å². The fourth-order valence-electron chi connectivity index (χ4n) is 2.90. The molecule has 1 aliphatic heterocycles. The van der Waals surface area contributed by atoms with Crippen molar-refractivity contribution in [1.29, 1.82) is 5.41 Å². The van der Waals surface area contributed by atoms with Gasteiger partial charge in [-0.25, -0.2) is 4.98 Å². The van der Waals surface area contributed by atoms with E-state index in [9.17, 15) is 0 Å². The largest absolute Gasteiger partial charge is 0.384 e. The summed E-state index contributed by atoms with van der Waals surface area (Å²) in [4.78, 5) is 6.84. The number of anilines is 2. The van der Waals surface area contributed by atoms with Crippen LogP contribution in [0.15, 0.2) is 30.3 Å². The third kappa shape index (κ3) is 2.49. The van der Waals surface area contributed by atoms with Gasteiger partial charge in [-0.05, 0) is 50.5 Å². The number of nitrogen functional groups attached to an aromatic ring is 1. The molecular weight excluding hydrogens is 260 g/mol. The topological polar surface area (TPSA) is 66.0 Å². The van der Waals surface area contributed by atoms with Crippen LogP contribution in [0.5, 0.6) is 0 Å². The van der Waals surface area contributed by atoms with E-state index < -0.39 is 0 Å². The molecule has 2 aromatic rings. The number of nitrogens with zero attached hydrogens (tertiary/aromatic N) is 2. The van der Waals surface area contributed by atoms with Crippen molar-refractivity contribution in [3.8, 4) is 0 Å². The van der Waals surface area contributed by atoms with Crippen LogP contribution in [0.1, 0.15) is 28.8 Å². The maximum atomic E-state index is 7.79. The zero-order valence-electron chi connectivity index (χ0n) is 12.5. The molecule has 0 fully saturated rings. The minimum Gasteiger partial charge on any atom is -0.384 e. The quantitative estimate of drug-likeness (QED) is 0.656. The van der Waals surface area contributed by atoms with Crippen LogP contribution in [0.4, 0.5) is 11.5 Å². The van der Waals surface area contributed by atoms with E-state index in [1.54, 1.807) is 0 Å². The molecule has 108 valence electrons. The van der Waals surface area contributed by atoms with E-state index in [1.807, 2.05) is 19.1 Å². The molecule has 0 spiro atoms. The molecular formula is C17H20N4. The molecule has 2 heterocycles. The smallest absolute Gasteiger partial charge is 0.144 e. The molecule has 3 rings (SSSR count). The van der Waals surface area contributed by atoms with Crippen molar-refractivity contribution in [1.82, 2.24) is 4.98 Å². The van der Waals surface area contributed by atoms with Gasteiger partial charge in [0.2, 0.25) is 0 Å². The molecule has 1 aromatic heterocycles. The number of aromatic nitrogens is 1. The average molecular weight is 280 g/mol. The summed E-state index contributed by atoms with van der Waals surface area (Å²) in [5, 5.41) is 7.79. The Labute approximate surface area is 125 Å². The van der Waals surface area contributed by atoms with Crippen molar-refractivity contribution in [2.24, 2.45) is 5.73 Å². The molecule has 0 atom stereocenters. The third-order valence-corrected chi connectivity index (χ3v) is 3.91. The number of hydrogen-bond acceptors (Lipinski definition) is 3. The van der Waals surface area contributed by atoms with Gasteiger partial charge in [-0.3, -0.25) is 5.41 Å². The van der Waals surface area contributed by atoms with Crippen LogP contribution in [-0.4, -0.2) is 17.4 Å². The number of rotatable bonds is 2. The first-order valence-corrected chi connectivity index (χ1v) is 7.25. The van der Waals surface area contributed by atoms with Gasteiger partial charge in [-0.15, -0.1) is 0 Å². The summed E-state index contributed by atoms with van der Waals surface area (Å²) in [5.74, 6) is 0.865. The van der Waals surface area contributed by atoms with Crippen LogP contribution in [0, 0.1) is 19.3 Å². The Morgan fingerprint density at radius 1 is 1.24 bits per heavy atom. The van der Waals surface area contributed by atoms with Gasteiger partial charge < -0.3 is 10.6 Å². The summed E-state index contributed by atoms with van der Waals surface area (Å²) in [7, 11) is 0. The Kier molecular flexibility index (Phi) is 3.37. The van der Waals surface area contributed by atoms with E-state index in [0.717, 1.165) is 30.9 Å². The van der Waals surface area contributed by atoms with Crippen molar-refractivity contribution in [3.63, 3.8) is 0 Å². The van der Waals surface area contributed by atoms with Gasteiger partial charge in [0, 0.05) is 17.9 Å². The summed E-state index contributed by atoms with van der Waals surface area (Å²) < 4.78 is 0. The molecule has 1 aromatic carbocycles. The van der Waals surface area contributed by atoms with Gasteiger partial charge >= 0.3 is 0 Å². The standard InChI is InChI=1S/C17H20N4/c1-11-5-8-15-13(10-11)4-3-9-21(15)17-14(16(18)19)7-6-12(2)20-17/h5-8,10H,3-4,9H2,1-2H3,(H3,18,19). The van der Waals surface area contributed by atoms with Gasteiger partial charge in [0.1, 0.15) is 11.7 Å². The second kappa shape index (κ2) is 5.20. The van der Waals surface area contributed by atoms with Gasteiger partial charge in [0.25, 0.3) is 0 Å². The molecule has 21 heavy (non-hydrogen) atoms. The highest BCUT2D eigenvalue weighted by atomic mass is 15.2. The van der Waals surface area contributed by atoms with Crippen LogP contribution in [0.25, 0.3) is 0 Å². The molecule has 0 aliphatic carbocycles. The Hall–Kier alpha value is -2.36. The van der Waals surface area contributed by atoms with E-state index in [-0.39, 0.29) is 5.84 Å². The van der Waals surface area contributed by atoms with Crippen LogP contribution in [0.2, 0.25) is 0 Å². The lowest BCUT2D eigenvalue weighted by Crippen LogP contribution is -2.28. The molecule has 0 saturated carbocycles. The predicted octanol–water partition coefficient (Wildman–Crippen LogP) is 3.07. The van der Waals surface area contributed by atoms with Crippen LogP contribution in [-0.2, 0) is 6.42 Å². The lowest BCUT2D eigenvalue weighted by atomic mass is 9.99. The SMILES string of the molecule is Cc1ccc2c(c1)CCCN2c1nc(C)ccc1C(=N)N. The molecule has 0 saturated heterocycles. The fourth-order valence-corrected chi connectivity index (χ4v) is 2.90. The number of fused-ring (bicyclic) bond motifs is 1. The number of nitrogens with one attached hydrogen (secondary N) is 1. The zero-order chi connectivity index (χ0) is 15.0. The summed E-state index contributed by atoms with van der Waals surface area (Å²) in [6.07, 6.45) is 2.18. The monoisotopic (exact) mass is 280 g/mol. The van der Waals surface area contributed by atoms with Crippen LogP contribution >= 0.6 is 0 Å². The number of benzene rings is 1. The molecule has 0 bridgehead atoms. The minimum atomic E-state index is 0.0664. The van der Waals surface area contributed by atoms with E-state index in [4.69, 9.17) is 11.1 Å². The molecule has 0 unspecified atom stereocenters. The highest BCUT2D eigenvalue weighted by Gasteiger charge is 2.22. The van der Waals surface area contributed by atoms with E-state index in [1.165, 1.54) is 16.8 Å². The minimum absolute atomic E-state index is 0.0664. The molecule has 1 aliphatic rings. The fraction of sp³-hybridized carbons (Fsp3) is 0.294. The second-order valence-electron chi connectivity index (χ2n) is 5.62. The molecule has 0 amide bonds. The van der Waals surface area contributed by atoms with Gasteiger partial charge in [0.15, 0.2) is 0 Å². The highest BCUT2D eigenvalue weighted by Crippen LogP contribution is 2.34. The van der Waals surface area contributed by atoms with Crippen molar-refractivity contribution < 1.29 is 0 Å². The van der Waals surface area contributed by atoms with Crippen molar-refractivity contribution in [2.45, 2.75) is 26.7 Å². The Morgan fingerprint density at radius 2 is 2.05 bits per heavy atom. The predicted molar refractivity (Wildman–Crippen MR) is 86.5 cm³/mol. The second-order valence-corrected chi connectivity index (χ2v) is 5.62. The average Bonchev–Trinajstić information content (AvgIpc) is 2.45. The number of hydrogen-bond donors (Lipinski definition) is 2. The van der Waals surface area contributed by atoms with E-state index in [2.05, 4.69) is 35.0 Å². The zero-order valence-corrected chi connectivity index (χ0v) is 12.5. The number of aryl methyl sites for hydroxylation is 3. The molecule has 0 radical (unpaired) electrons. The summed E-state index contributed by atoms with van der Waals surface area (Å²) in [6.45, 7) is 4.99. The number of nitrogens with two attached hydrogens (primary N) is 1. The first kappa shape index (κ1) is 13.6. The van der Waals surface area contributed by atoms with Crippen molar-refractivity contribution in [3.05, 3.63) is 52.7 Å². The number of pyridine rings is 1. The van der Waals surface area contributed by atoms with E-state index in [0.29, 0.717) is 5.56 Å². The van der Waals surface area contributed by atoms with Gasteiger partial charge in [-0.1, -0.05) is 17.7 Å². The molecule has 4 heteroatoms. The lowest BCUT2D eigenvalue weighted by Gasteiger charge is -2.32. The number of amidine groups is 1.